The Hall–Kier alpha value is -3.95. The quantitative estimate of drug-likeness (QED) is 0.529. The summed E-state index contributed by atoms with van der Waals surface area (Å²) in [4.78, 5) is 30.5. The summed E-state index contributed by atoms with van der Waals surface area (Å²) in [6.07, 6.45) is -4.41. The molecule has 3 aromatic rings. The van der Waals surface area contributed by atoms with E-state index in [1.807, 2.05) is 30.0 Å². The molecule has 0 unspecified atom stereocenters. The van der Waals surface area contributed by atoms with Crippen molar-refractivity contribution in [1.29, 1.82) is 0 Å². The van der Waals surface area contributed by atoms with Crippen LogP contribution in [-0.2, 0) is 17.5 Å². The van der Waals surface area contributed by atoms with E-state index >= 15 is 0 Å². The molecule has 0 bridgehead atoms. The Morgan fingerprint density at radius 2 is 1.78 bits per heavy atom. The number of halogens is 3. The van der Waals surface area contributed by atoms with Crippen LogP contribution in [0.5, 0.6) is 5.75 Å². The zero-order valence-electron chi connectivity index (χ0n) is 19.5. The largest absolute Gasteiger partial charge is 0.482 e. The maximum atomic E-state index is 13.0. The van der Waals surface area contributed by atoms with Gasteiger partial charge in [0.05, 0.1) is 17.8 Å². The molecule has 0 spiro atoms. The van der Waals surface area contributed by atoms with Gasteiger partial charge in [-0.15, -0.1) is 0 Å². The number of aryl methyl sites for hydroxylation is 1. The minimum absolute atomic E-state index is 0.0703. The Bertz CT molecular complexity index is 1300. The fraction of sp³-hybridized carbons (Fsp3) is 0.308. The van der Waals surface area contributed by atoms with Gasteiger partial charge in [-0.1, -0.05) is 12.1 Å². The highest BCUT2D eigenvalue weighted by Gasteiger charge is 2.32. The minimum atomic E-state index is -4.41. The molecule has 0 aliphatic carbocycles. The van der Waals surface area contributed by atoms with Crippen molar-refractivity contribution in [2.45, 2.75) is 19.6 Å². The molecule has 0 N–H and O–H groups in total. The van der Waals surface area contributed by atoms with Crippen LogP contribution in [0.3, 0.4) is 0 Å². The molecular formula is C26H24F3N3O4. The highest BCUT2D eigenvalue weighted by atomic mass is 19.4. The monoisotopic (exact) mass is 499 g/mol. The Morgan fingerprint density at radius 3 is 2.53 bits per heavy atom. The number of carbonyl (C=O) groups excluding carboxylic acids is 2. The van der Waals surface area contributed by atoms with Crippen LogP contribution in [0.15, 0.2) is 59.0 Å². The first-order valence-corrected chi connectivity index (χ1v) is 11.5. The number of hydrogen-bond donors (Lipinski definition) is 0. The van der Waals surface area contributed by atoms with Crippen LogP contribution in [0.1, 0.15) is 27.4 Å². The molecule has 5 rings (SSSR count). The van der Waals surface area contributed by atoms with Gasteiger partial charge in [-0.3, -0.25) is 14.5 Å². The first-order valence-electron chi connectivity index (χ1n) is 11.5. The van der Waals surface area contributed by atoms with Gasteiger partial charge in [0.2, 0.25) is 0 Å². The molecule has 0 atom stereocenters. The smallest absolute Gasteiger partial charge is 0.416 e. The summed E-state index contributed by atoms with van der Waals surface area (Å²) in [7, 11) is 0. The first kappa shape index (κ1) is 23.8. The summed E-state index contributed by atoms with van der Waals surface area (Å²) >= 11 is 0. The zero-order chi connectivity index (χ0) is 25.4. The number of carbonyl (C=O) groups is 2. The Balaban J connectivity index is 1.23. The topological polar surface area (TPSA) is 66.2 Å². The second-order valence-corrected chi connectivity index (χ2v) is 8.83. The van der Waals surface area contributed by atoms with Gasteiger partial charge in [-0.25, -0.2) is 0 Å². The summed E-state index contributed by atoms with van der Waals surface area (Å²) in [6.45, 7) is 3.53. The average Bonchev–Trinajstić information content (AvgIpc) is 3.34. The molecular weight excluding hydrogens is 475 g/mol. The van der Waals surface area contributed by atoms with E-state index in [0.717, 1.165) is 17.7 Å². The Kier molecular flexibility index (Phi) is 6.11. The molecule has 0 saturated carbocycles. The summed E-state index contributed by atoms with van der Waals surface area (Å²) in [6, 6.07) is 14.0. The molecule has 1 fully saturated rings. The number of nitrogens with zero attached hydrogens (tertiary/aromatic N) is 3. The summed E-state index contributed by atoms with van der Waals surface area (Å²) in [5, 5.41) is 0. The van der Waals surface area contributed by atoms with Crippen LogP contribution >= 0.6 is 0 Å². The maximum Gasteiger partial charge on any atom is 0.416 e. The van der Waals surface area contributed by atoms with Crippen molar-refractivity contribution in [3.05, 3.63) is 77.2 Å². The van der Waals surface area contributed by atoms with Crippen molar-refractivity contribution in [2.24, 2.45) is 0 Å². The molecule has 10 heteroatoms. The molecule has 2 aliphatic rings. The molecule has 3 heterocycles. The van der Waals surface area contributed by atoms with Gasteiger partial charge in [0, 0.05) is 31.9 Å². The normalized spacial score (nSPS) is 16.1. The lowest BCUT2D eigenvalue weighted by molar-refractivity contribution is -0.137. The van der Waals surface area contributed by atoms with Crippen LogP contribution in [0, 0.1) is 6.92 Å². The molecule has 1 saturated heterocycles. The second kappa shape index (κ2) is 9.25. The van der Waals surface area contributed by atoms with Crippen LogP contribution in [0.2, 0.25) is 0 Å². The molecule has 2 aliphatic heterocycles. The molecule has 2 aromatic carbocycles. The summed E-state index contributed by atoms with van der Waals surface area (Å²) in [5.41, 5.74) is 1.44. The van der Waals surface area contributed by atoms with Gasteiger partial charge in [-0.05, 0) is 55.0 Å². The van der Waals surface area contributed by atoms with E-state index in [1.54, 1.807) is 28.0 Å². The lowest BCUT2D eigenvalue weighted by Crippen LogP contribution is -2.48. The molecule has 2 amide bonds. The number of fused-ring (bicyclic) bond motifs is 1. The molecule has 36 heavy (non-hydrogen) atoms. The summed E-state index contributed by atoms with van der Waals surface area (Å²) < 4.78 is 50.4. The number of anilines is 2. The number of piperazine rings is 1. The van der Waals surface area contributed by atoms with Gasteiger partial charge >= 0.3 is 6.18 Å². The number of benzene rings is 2. The minimum Gasteiger partial charge on any atom is -0.482 e. The zero-order valence-corrected chi connectivity index (χ0v) is 19.5. The van der Waals surface area contributed by atoms with Gasteiger partial charge < -0.3 is 19.0 Å². The predicted molar refractivity (Wildman–Crippen MR) is 126 cm³/mol. The Labute approximate surface area is 205 Å². The molecule has 1 aromatic heterocycles. The van der Waals surface area contributed by atoms with Crippen molar-refractivity contribution < 1.29 is 31.9 Å². The number of alkyl halides is 3. The van der Waals surface area contributed by atoms with Crippen molar-refractivity contribution in [2.75, 3.05) is 42.6 Å². The van der Waals surface area contributed by atoms with E-state index in [4.69, 9.17) is 9.15 Å². The van der Waals surface area contributed by atoms with E-state index in [-0.39, 0.29) is 30.7 Å². The van der Waals surface area contributed by atoms with E-state index in [2.05, 4.69) is 0 Å². The molecule has 0 radical (unpaired) electrons. The third-order valence-corrected chi connectivity index (χ3v) is 6.35. The van der Waals surface area contributed by atoms with E-state index < -0.39 is 11.7 Å². The fourth-order valence-corrected chi connectivity index (χ4v) is 4.42. The first-order chi connectivity index (χ1) is 17.2. The van der Waals surface area contributed by atoms with Crippen molar-refractivity contribution in [3.63, 3.8) is 0 Å². The van der Waals surface area contributed by atoms with Crippen LogP contribution in [0.25, 0.3) is 0 Å². The van der Waals surface area contributed by atoms with Crippen LogP contribution < -0.4 is 14.5 Å². The maximum absolute atomic E-state index is 13.0. The van der Waals surface area contributed by atoms with Crippen LogP contribution in [-0.4, -0.2) is 49.5 Å². The number of ether oxygens (including phenoxy) is 1. The van der Waals surface area contributed by atoms with Crippen LogP contribution in [0.4, 0.5) is 24.5 Å². The lowest BCUT2D eigenvalue weighted by Gasteiger charge is -2.36. The molecule has 188 valence electrons. The van der Waals surface area contributed by atoms with E-state index in [9.17, 15) is 22.8 Å². The van der Waals surface area contributed by atoms with Gasteiger partial charge in [0.25, 0.3) is 11.8 Å². The molecule has 7 nitrogen and oxygen atoms in total. The predicted octanol–water partition coefficient (Wildman–Crippen LogP) is 4.49. The standard InChI is InChI=1S/C26H24F3N3O4/c1-17-5-7-21-23(13-17)35-16-24(33)32(21)15-20-6-8-22(36-20)25(34)31-11-9-30(10-12-31)19-4-2-3-18(14-19)26(27,28)29/h2-8,13-14H,9-12,15-16H2,1H3. The highest BCUT2D eigenvalue weighted by molar-refractivity contribution is 5.97. The fourth-order valence-electron chi connectivity index (χ4n) is 4.42. The highest BCUT2D eigenvalue weighted by Crippen LogP contribution is 2.34. The number of amides is 2. The van der Waals surface area contributed by atoms with Crippen molar-refractivity contribution in [3.8, 4) is 5.75 Å². The van der Waals surface area contributed by atoms with Gasteiger partial charge in [0.15, 0.2) is 12.4 Å². The van der Waals surface area contributed by atoms with Gasteiger partial charge in [0.1, 0.15) is 11.5 Å². The second-order valence-electron chi connectivity index (χ2n) is 8.83. The number of hydrogen-bond acceptors (Lipinski definition) is 5. The average molecular weight is 499 g/mol. The van der Waals surface area contributed by atoms with Crippen molar-refractivity contribution >= 4 is 23.2 Å². The third-order valence-electron chi connectivity index (χ3n) is 6.35. The van der Waals surface area contributed by atoms with E-state index in [1.165, 1.54) is 6.07 Å². The number of furan rings is 1. The SMILES string of the molecule is Cc1ccc2c(c1)OCC(=O)N2Cc1ccc(C(=O)N2CCN(c3cccc(C(F)(F)F)c3)CC2)o1. The van der Waals surface area contributed by atoms with E-state index in [0.29, 0.717) is 49.1 Å². The van der Waals surface area contributed by atoms with Gasteiger partial charge in [-0.2, -0.15) is 13.2 Å². The summed E-state index contributed by atoms with van der Waals surface area (Å²) in [5.74, 6) is 0.733. The lowest BCUT2D eigenvalue weighted by atomic mass is 10.1. The number of rotatable bonds is 4. The third kappa shape index (κ3) is 4.75. The van der Waals surface area contributed by atoms with Crippen molar-refractivity contribution in [1.82, 2.24) is 4.90 Å². The Morgan fingerprint density at radius 1 is 1.00 bits per heavy atom.